The number of carbonyl (C=O) groups is 1. The molecule has 4 nitrogen and oxygen atoms in total. The van der Waals surface area contributed by atoms with Gasteiger partial charge in [0.15, 0.2) is 5.78 Å². The molecule has 110 valence electrons. The van der Waals surface area contributed by atoms with Crippen molar-refractivity contribution >= 4 is 15.9 Å². The van der Waals surface area contributed by atoms with Gasteiger partial charge in [0.25, 0.3) is 0 Å². The van der Waals surface area contributed by atoms with Crippen molar-refractivity contribution in [3.8, 4) is 5.75 Å². The van der Waals surface area contributed by atoms with Gasteiger partial charge in [0.05, 0.1) is 0 Å². The average molecular weight is 308 g/mol. The number of rotatable bonds is 2. The maximum absolute atomic E-state index is 12.2. The Bertz CT molecular complexity index is 635. The van der Waals surface area contributed by atoms with Crippen molar-refractivity contribution in [2.45, 2.75) is 31.2 Å². The molecule has 8 heteroatoms. The number of hydrogen-bond donors (Lipinski definition) is 0. The van der Waals surface area contributed by atoms with E-state index in [1.165, 1.54) is 12.1 Å². The molecule has 0 amide bonds. The summed E-state index contributed by atoms with van der Waals surface area (Å²) in [6.07, 6.45) is 2.30. The Hall–Kier alpha value is -1.57. The van der Waals surface area contributed by atoms with E-state index in [0.717, 1.165) is 6.07 Å². The molecule has 0 N–H and O–H groups in total. The normalized spacial score (nSPS) is 16.4. The summed E-state index contributed by atoms with van der Waals surface area (Å²) < 4.78 is 62.5. The molecule has 1 aliphatic rings. The number of halogens is 3. The summed E-state index contributed by atoms with van der Waals surface area (Å²) in [5.74, 6) is -0.529. The fourth-order valence-corrected chi connectivity index (χ4v) is 2.46. The highest BCUT2D eigenvalue weighted by molar-refractivity contribution is 7.88. The number of aryl methyl sites for hydroxylation is 1. The minimum atomic E-state index is -5.68. The van der Waals surface area contributed by atoms with E-state index in [2.05, 4.69) is 4.18 Å². The Kier molecular flexibility index (Phi) is 3.77. The minimum absolute atomic E-state index is 0.0947. The maximum atomic E-state index is 12.2. The lowest BCUT2D eigenvalue weighted by molar-refractivity contribution is -0.0500. The van der Waals surface area contributed by atoms with Crippen LogP contribution in [0.15, 0.2) is 18.2 Å². The van der Waals surface area contributed by atoms with Gasteiger partial charge < -0.3 is 4.18 Å². The topological polar surface area (TPSA) is 60.4 Å². The SMILES string of the molecule is O=C1CCCCc2cc(OS(=O)(=O)C(F)(F)F)ccc21. The predicted octanol–water partition coefficient (Wildman–Crippen LogP) is 2.82. The second-order valence-electron chi connectivity index (χ2n) is 4.43. The minimum Gasteiger partial charge on any atom is -0.376 e. The van der Waals surface area contributed by atoms with Gasteiger partial charge in [-0.25, -0.2) is 0 Å². The zero-order valence-corrected chi connectivity index (χ0v) is 11.1. The molecule has 0 saturated heterocycles. The van der Waals surface area contributed by atoms with Crippen LogP contribution in [0.25, 0.3) is 0 Å². The molecular weight excluding hydrogens is 297 g/mol. The summed E-state index contributed by atoms with van der Waals surface area (Å²) in [7, 11) is -5.68. The summed E-state index contributed by atoms with van der Waals surface area (Å²) in [6.45, 7) is 0. The number of alkyl halides is 3. The number of benzene rings is 1. The van der Waals surface area contributed by atoms with Crippen LogP contribution in [0.1, 0.15) is 35.2 Å². The Balaban J connectivity index is 2.33. The molecule has 0 bridgehead atoms. The van der Waals surface area contributed by atoms with Gasteiger partial charge in [-0.15, -0.1) is 0 Å². The second-order valence-corrected chi connectivity index (χ2v) is 5.97. The average Bonchev–Trinajstić information content (AvgIpc) is 2.49. The molecule has 0 atom stereocenters. The molecule has 0 saturated carbocycles. The third kappa shape index (κ3) is 2.95. The quantitative estimate of drug-likeness (QED) is 0.479. The standard InChI is InChI=1S/C12H11F3O4S/c13-12(14,15)20(17,18)19-9-5-6-10-8(7-9)3-1-2-4-11(10)16/h5-7H,1-4H2. The molecule has 1 aliphatic carbocycles. The Labute approximate surface area is 113 Å². The van der Waals surface area contributed by atoms with Crippen LogP contribution in [0, 0.1) is 0 Å². The first-order valence-corrected chi connectivity index (χ1v) is 7.28. The Morgan fingerprint density at radius 3 is 2.40 bits per heavy atom. The Morgan fingerprint density at radius 1 is 1.10 bits per heavy atom. The lowest BCUT2D eigenvalue weighted by atomic mass is 10.0. The summed E-state index contributed by atoms with van der Waals surface area (Å²) >= 11 is 0. The number of Topliss-reactive ketones (excluding diaryl/α,β-unsaturated/α-hetero) is 1. The molecule has 2 rings (SSSR count). The summed E-state index contributed by atoms with van der Waals surface area (Å²) in [4.78, 5) is 11.7. The van der Waals surface area contributed by atoms with Crippen LogP contribution in [0.5, 0.6) is 5.75 Å². The molecule has 0 heterocycles. The molecule has 1 aromatic carbocycles. The van der Waals surface area contributed by atoms with Gasteiger partial charge in [-0.05, 0) is 43.0 Å². The first-order valence-electron chi connectivity index (χ1n) is 5.87. The van der Waals surface area contributed by atoms with Crippen molar-refractivity contribution in [2.24, 2.45) is 0 Å². The van der Waals surface area contributed by atoms with Crippen molar-refractivity contribution in [1.29, 1.82) is 0 Å². The maximum Gasteiger partial charge on any atom is 0.534 e. The smallest absolute Gasteiger partial charge is 0.376 e. The van der Waals surface area contributed by atoms with Gasteiger partial charge in [-0.2, -0.15) is 21.6 Å². The first-order chi connectivity index (χ1) is 9.21. The fourth-order valence-electron chi connectivity index (χ4n) is 2.01. The van der Waals surface area contributed by atoms with Gasteiger partial charge in [0.1, 0.15) is 5.75 Å². The van der Waals surface area contributed by atoms with E-state index < -0.39 is 21.4 Å². The van der Waals surface area contributed by atoms with Gasteiger partial charge in [0.2, 0.25) is 0 Å². The van der Waals surface area contributed by atoms with E-state index in [1.54, 1.807) is 0 Å². The summed E-state index contributed by atoms with van der Waals surface area (Å²) in [5, 5.41) is 0. The van der Waals surface area contributed by atoms with Crippen LogP contribution in [0.4, 0.5) is 13.2 Å². The van der Waals surface area contributed by atoms with Crippen LogP contribution >= 0.6 is 0 Å². The third-order valence-electron chi connectivity index (χ3n) is 2.97. The van der Waals surface area contributed by atoms with Crippen LogP contribution < -0.4 is 4.18 Å². The predicted molar refractivity (Wildman–Crippen MR) is 63.9 cm³/mol. The van der Waals surface area contributed by atoms with Crippen LogP contribution in [0.2, 0.25) is 0 Å². The van der Waals surface area contributed by atoms with Gasteiger partial charge >= 0.3 is 15.6 Å². The molecule has 20 heavy (non-hydrogen) atoms. The van der Waals surface area contributed by atoms with E-state index in [1.807, 2.05) is 0 Å². The summed E-state index contributed by atoms with van der Waals surface area (Å²) in [5.41, 5.74) is -4.54. The van der Waals surface area contributed by atoms with E-state index in [4.69, 9.17) is 0 Å². The van der Waals surface area contributed by atoms with Gasteiger partial charge in [-0.1, -0.05) is 0 Å². The number of carbonyl (C=O) groups excluding carboxylic acids is 1. The lowest BCUT2D eigenvalue weighted by Gasteiger charge is -2.11. The summed E-state index contributed by atoms with van der Waals surface area (Å²) in [6, 6.07) is 3.55. The highest BCUT2D eigenvalue weighted by atomic mass is 32.2. The highest BCUT2D eigenvalue weighted by Crippen LogP contribution is 2.29. The van der Waals surface area contributed by atoms with Crippen LogP contribution in [-0.2, 0) is 16.5 Å². The van der Waals surface area contributed by atoms with Crippen molar-refractivity contribution in [3.63, 3.8) is 0 Å². The molecule has 0 aliphatic heterocycles. The van der Waals surface area contributed by atoms with Crippen molar-refractivity contribution in [3.05, 3.63) is 29.3 Å². The van der Waals surface area contributed by atoms with Crippen molar-refractivity contribution < 1.29 is 30.6 Å². The van der Waals surface area contributed by atoms with Gasteiger partial charge in [-0.3, -0.25) is 4.79 Å². The van der Waals surface area contributed by atoms with E-state index >= 15 is 0 Å². The van der Waals surface area contributed by atoms with Crippen LogP contribution in [-0.4, -0.2) is 19.7 Å². The molecule has 0 unspecified atom stereocenters. The zero-order valence-electron chi connectivity index (χ0n) is 10.2. The molecule has 0 fully saturated rings. The molecule has 1 aromatic rings. The number of fused-ring (bicyclic) bond motifs is 1. The van der Waals surface area contributed by atoms with Gasteiger partial charge in [0, 0.05) is 12.0 Å². The first kappa shape index (κ1) is 14.8. The van der Waals surface area contributed by atoms with Crippen molar-refractivity contribution in [1.82, 2.24) is 0 Å². The van der Waals surface area contributed by atoms with Crippen LogP contribution in [0.3, 0.4) is 0 Å². The molecule has 0 spiro atoms. The zero-order chi connectivity index (χ0) is 15.0. The monoisotopic (exact) mass is 308 g/mol. The lowest BCUT2D eigenvalue weighted by Crippen LogP contribution is -2.28. The van der Waals surface area contributed by atoms with E-state index in [0.29, 0.717) is 36.8 Å². The fraction of sp³-hybridized carbons (Fsp3) is 0.417. The highest BCUT2D eigenvalue weighted by Gasteiger charge is 2.48. The third-order valence-corrected chi connectivity index (χ3v) is 3.95. The molecule has 0 aromatic heterocycles. The molecule has 0 radical (unpaired) electrons. The number of ketones is 1. The van der Waals surface area contributed by atoms with E-state index in [9.17, 15) is 26.4 Å². The molecular formula is C12H11F3O4S. The largest absolute Gasteiger partial charge is 0.534 e. The second kappa shape index (κ2) is 5.08. The van der Waals surface area contributed by atoms with Crippen molar-refractivity contribution in [2.75, 3.05) is 0 Å². The Morgan fingerprint density at radius 2 is 1.75 bits per heavy atom. The van der Waals surface area contributed by atoms with E-state index in [-0.39, 0.29) is 5.78 Å². The number of hydrogen-bond acceptors (Lipinski definition) is 4.